The molecule has 18 heavy (non-hydrogen) atoms. The van der Waals surface area contributed by atoms with Crippen LogP contribution in [0.3, 0.4) is 0 Å². The molecule has 90 valence electrons. The summed E-state index contributed by atoms with van der Waals surface area (Å²) in [5.74, 6) is -2.36. The fourth-order valence-corrected chi connectivity index (χ4v) is 2.75. The smallest absolute Gasteiger partial charge is 0.336 e. The molecule has 4 nitrogen and oxygen atoms in total. The summed E-state index contributed by atoms with van der Waals surface area (Å²) in [6, 6.07) is 7.12. The number of hydrogen-bond donors (Lipinski definition) is 2. The van der Waals surface area contributed by atoms with Crippen molar-refractivity contribution < 1.29 is 19.8 Å². The lowest BCUT2D eigenvalue weighted by atomic mass is 9.95. The Morgan fingerprint density at radius 3 is 2.50 bits per heavy atom. The van der Waals surface area contributed by atoms with Gasteiger partial charge in [-0.3, -0.25) is 0 Å². The van der Waals surface area contributed by atoms with Crippen LogP contribution < -0.4 is 0 Å². The molecule has 0 atom stereocenters. The van der Waals surface area contributed by atoms with Crippen LogP contribution in [0.5, 0.6) is 0 Å². The first-order valence-electron chi connectivity index (χ1n) is 5.63. The van der Waals surface area contributed by atoms with Crippen LogP contribution in [0, 0.1) is 0 Å². The van der Waals surface area contributed by atoms with Crippen molar-refractivity contribution in [2.24, 2.45) is 0 Å². The molecule has 2 N–H and O–H groups in total. The van der Waals surface area contributed by atoms with E-state index in [1.54, 1.807) is 0 Å². The quantitative estimate of drug-likeness (QED) is 0.847. The summed E-state index contributed by atoms with van der Waals surface area (Å²) in [7, 11) is 0. The number of benzene rings is 2. The van der Waals surface area contributed by atoms with Gasteiger partial charge >= 0.3 is 11.9 Å². The zero-order chi connectivity index (χ0) is 12.9. The summed E-state index contributed by atoms with van der Waals surface area (Å²) < 4.78 is 0. The largest absolute Gasteiger partial charge is 0.478 e. The molecule has 0 heterocycles. The number of rotatable bonds is 2. The second kappa shape index (κ2) is 3.57. The molecule has 0 unspecified atom stereocenters. The average molecular weight is 242 g/mol. The molecule has 3 rings (SSSR count). The molecule has 0 spiro atoms. The minimum atomic E-state index is -1.19. The number of carboxylic acids is 2. The predicted molar refractivity (Wildman–Crippen MR) is 65.3 cm³/mol. The van der Waals surface area contributed by atoms with Crippen LogP contribution in [-0.2, 0) is 12.8 Å². The molecule has 0 saturated heterocycles. The van der Waals surface area contributed by atoms with Crippen LogP contribution in [0.4, 0.5) is 0 Å². The van der Waals surface area contributed by atoms with Crippen LogP contribution in [0.1, 0.15) is 31.8 Å². The lowest BCUT2D eigenvalue weighted by Crippen LogP contribution is -2.11. The van der Waals surface area contributed by atoms with Gasteiger partial charge < -0.3 is 10.2 Å². The summed E-state index contributed by atoms with van der Waals surface area (Å²) in [6.07, 6.45) is 1.37. The number of hydrogen-bond acceptors (Lipinski definition) is 2. The fourth-order valence-electron chi connectivity index (χ4n) is 2.75. The molecular weight excluding hydrogens is 232 g/mol. The molecule has 2 aromatic carbocycles. The van der Waals surface area contributed by atoms with Crippen molar-refractivity contribution in [3.05, 3.63) is 46.5 Å². The third kappa shape index (κ3) is 1.32. The highest BCUT2D eigenvalue weighted by atomic mass is 16.4. The number of carboxylic acid groups (broad SMARTS) is 2. The third-order valence-electron chi connectivity index (χ3n) is 3.44. The fraction of sp³-hybridized carbons (Fsp3) is 0.143. The van der Waals surface area contributed by atoms with Gasteiger partial charge in [-0.15, -0.1) is 0 Å². The van der Waals surface area contributed by atoms with E-state index in [9.17, 15) is 14.7 Å². The Morgan fingerprint density at radius 1 is 1.06 bits per heavy atom. The maximum Gasteiger partial charge on any atom is 0.336 e. The van der Waals surface area contributed by atoms with Crippen molar-refractivity contribution in [1.82, 2.24) is 0 Å². The third-order valence-corrected chi connectivity index (χ3v) is 3.44. The molecule has 1 aliphatic carbocycles. The molecule has 0 fully saturated rings. The summed E-state index contributed by atoms with van der Waals surface area (Å²) >= 11 is 0. The summed E-state index contributed by atoms with van der Waals surface area (Å²) in [5, 5.41) is 20.1. The van der Waals surface area contributed by atoms with Crippen LogP contribution >= 0.6 is 0 Å². The van der Waals surface area contributed by atoms with Gasteiger partial charge in [-0.2, -0.15) is 0 Å². The monoisotopic (exact) mass is 242 g/mol. The van der Waals surface area contributed by atoms with Gasteiger partial charge in [0.1, 0.15) is 0 Å². The lowest BCUT2D eigenvalue weighted by molar-refractivity contribution is 0.0651. The Bertz CT molecular complexity index is 700. The topological polar surface area (TPSA) is 74.6 Å². The second-order valence-electron chi connectivity index (χ2n) is 4.40. The van der Waals surface area contributed by atoms with Crippen molar-refractivity contribution in [2.75, 3.05) is 0 Å². The molecule has 0 radical (unpaired) electrons. The molecule has 4 heteroatoms. The second-order valence-corrected chi connectivity index (χ2v) is 4.40. The van der Waals surface area contributed by atoms with Gasteiger partial charge in [0.05, 0.1) is 11.1 Å². The Balaban J connectivity index is 2.49. The molecule has 0 aliphatic heterocycles. The highest BCUT2D eigenvalue weighted by molar-refractivity contribution is 6.09. The van der Waals surface area contributed by atoms with Crippen molar-refractivity contribution in [3.63, 3.8) is 0 Å². The van der Waals surface area contributed by atoms with Crippen LogP contribution in [-0.4, -0.2) is 22.2 Å². The number of carbonyl (C=O) groups is 2. The van der Waals surface area contributed by atoms with Gasteiger partial charge in [0.25, 0.3) is 0 Å². The van der Waals surface area contributed by atoms with E-state index in [0.29, 0.717) is 12.0 Å². The minimum absolute atomic E-state index is 0.0556. The molecule has 0 bridgehead atoms. The average Bonchev–Trinajstić information content (AvgIpc) is 2.74. The van der Waals surface area contributed by atoms with Crippen molar-refractivity contribution in [3.8, 4) is 0 Å². The zero-order valence-electron chi connectivity index (χ0n) is 9.43. The molecule has 0 aromatic heterocycles. The molecular formula is C14H10O4. The van der Waals surface area contributed by atoms with Gasteiger partial charge in [-0.25, -0.2) is 9.59 Å². The summed E-state index contributed by atoms with van der Waals surface area (Å²) in [4.78, 5) is 22.5. The molecule has 2 aromatic rings. The Morgan fingerprint density at radius 2 is 1.83 bits per heavy atom. The van der Waals surface area contributed by atoms with E-state index < -0.39 is 11.9 Å². The Labute approximate surface area is 102 Å². The first-order chi connectivity index (χ1) is 8.59. The van der Waals surface area contributed by atoms with Crippen molar-refractivity contribution in [1.29, 1.82) is 0 Å². The Hall–Kier alpha value is -2.36. The van der Waals surface area contributed by atoms with Crippen molar-refractivity contribution in [2.45, 2.75) is 12.8 Å². The van der Waals surface area contributed by atoms with Gasteiger partial charge in [0.2, 0.25) is 0 Å². The molecule has 1 aliphatic rings. The summed E-state index contributed by atoms with van der Waals surface area (Å²) in [6.45, 7) is 0. The standard InChI is InChI=1S/C14H10O4/c15-13(16)10-6-8-3-1-2-7-4-5-9(11(7)8)12(10)14(17)18/h1-3,6H,4-5H2,(H,15,16)(H,17,18). The van der Waals surface area contributed by atoms with Crippen LogP contribution in [0.2, 0.25) is 0 Å². The van der Waals surface area contributed by atoms with E-state index in [0.717, 1.165) is 22.8 Å². The zero-order valence-corrected chi connectivity index (χ0v) is 9.43. The Kier molecular flexibility index (Phi) is 2.13. The van der Waals surface area contributed by atoms with Gasteiger partial charge in [0.15, 0.2) is 0 Å². The maximum atomic E-state index is 11.3. The van der Waals surface area contributed by atoms with Crippen LogP contribution in [0.15, 0.2) is 24.3 Å². The lowest BCUT2D eigenvalue weighted by Gasteiger charge is -2.09. The predicted octanol–water partition coefficient (Wildman–Crippen LogP) is 2.33. The SMILES string of the molecule is O=C(O)c1cc2cccc3c2c(c1C(=O)O)CC3. The van der Waals surface area contributed by atoms with Gasteiger partial charge in [0, 0.05) is 0 Å². The molecule has 0 amide bonds. The maximum absolute atomic E-state index is 11.3. The van der Waals surface area contributed by atoms with E-state index in [1.807, 2.05) is 18.2 Å². The van der Waals surface area contributed by atoms with E-state index in [-0.39, 0.29) is 11.1 Å². The van der Waals surface area contributed by atoms with E-state index in [1.165, 1.54) is 6.07 Å². The first kappa shape index (κ1) is 10.8. The number of aromatic carboxylic acids is 2. The molecule has 0 saturated carbocycles. The minimum Gasteiger partial charge on any atom is -0.478 e. The van der Waals surface area contributed by atoms with E-state index >= 15 is 0 Å². The van der Waals surface area contributed by atoms with E-state index in [2.05, 4.69) is 0 Å². The highest BCUT2D eigenvalue weighted by Crippen LogP contribution is 2.35. The van der Waals surface area contributed by atoms with Crippen LogP contribution in [0.25, 0.3) is 10.8 Å². The summed E-state index contributed by atoms with van der Waals surface area (Å²) in [5.41, 5.74) is 1.58. The normalized spacial score (nSPS) is 12.9. The van der Waals surface area contributed by atoms with E-state index in [4.69, 9.17) is 5.11 Å². The van der Waals surface area contributed by atoms with Crippen molar-refractivity contribution >= 4 is 22.7 Å². The highest BCUT2D eigenvalue weighted by Gasteiger charge is 2.26. The first-order valence-corrected chi connectivity index (χ1v) is 5.63. The van der Waals surface area contributed by atoms with Gasteiger partial charge in [-0.05, 0) is 40.8 Å². The van der Waals surface area contributed by atoms with Gasteiger partial charge in [-0.1, -0.05) is 18.2 Å². The number of aryl methyl sites for hydroxylation is 2.